The second-order valence-electron chi connectivity index (χ2n) is 8.04. The summed E-state index contributed by atoms with van der Waals surface area (Å²) in [5.74, 6) is 0.835. The first-order chi connectivity index (χ1) is 15.6. The molecule has 5 rings (SSSR count). The Morgan fingerprint density at radius 1 is 1.09 bits per heavy atom. The summed E-state index contributed by atoms with van der Waals surface area (Å²) in [6.45, 7) is 8.12. The molecule has 0 aliphatic carbocycles. The first-order valence-corrected chi connectivity index (χ1v) is 10.7. The van der Waals surface area contributed by atoms with Gasteiger partial charge in [-0.05, 0) is 43.7 Å². The number of anilines is 2. The van der Waals surface area contributed by atoms with Crippen molar-refractivity contribution in [3.8, 4) is 11.3 Å². The van der Waals surface area contributed by atoms with Gasteiger partial charge >= 0.3 is 0 Å². The lowest BCUT2D eigenvalue weighted by atomic mass is 10.1. The molecular weight excluding hydrogens is 407 g/mol. The van der Waals surface area contributed by atoms with Crippen LogP contribution < -0.4 is 10.6 Å². The van der Waals surface area contributed by atoms with Gasteiger partial charge in [0.05, 0.1) is 16.7 Å². The Labute approximate surface area is 185 Å². The monoisotopic (exact) mass is 432 g/mol. The van der Waals surface area contributed by atoms with Gasteiger partial charge in [0.15, 0.2) is 0 Å². The van der Waals surface area contributed by atoms with Crippen molar-refractivity contribution in [1.29, 1.82) is 0 Å². The van der Waals surface area contributed by atoms with E-state index in [4.69, 9.17) is 0 Å². The standard InChI is InChI=1S/C23H25FN8/c1-14-9-19(28-13-27-14)17-11-20-21(12-18(17)24)30-23(29-20)31-22-10-16(3-4-26-22)15(2)32-7-5-25-6-8-32/h3-4,9-13,15,25H,5-8H2,1-2H3,(H2,26,29,30,31). The number of nitrogens with one attached hydrogen (secondary N) is 3. The highest BCUT2D eigenvalue weighted by Gasteiger charge is 2.18. The van der Waals surface area contributed by atoms with Crippen LogP contribution in [0.3, 0.4) is 0 Å². The summed E-state index contributed by atoms with van der Waals surface area (Å²) in [6, 6.07) is 9.27. The number of halogens is 1. The topological polar surface area (TPSA) is 94.7 Å². The number of aromatic nitrogens is 5. The van der Waals surface area contributed by atoms with Gasteiger partial charge in [0.25, 0.3) is 0 Å². The zero-order chi connectivity index (χ0) is 22.1. The third kappa shape index (κ3) is 4.17. The fraction of sp³-hybridized carbons (Fsp3) is 0.304. The van der Waals surface area contributed by atoms with Crippen LogP contribution >= 0.6 is 0 Å². The SMILES string of the molecule is Cc1cc(-c2cc3nc(Nc4cc(C(C)N5CCNCC5)ccn4)[nH]c3cc2F)ncn1. The van der Waals surface area contributed by atoms with Crippen LogP contribution in [0.2, 0.25) is 0 Å². The fourth-order valence-corrected chi connectivity index (χ4v) is 4.06. The summed E-state index contributed by atoms with van der Waals surface area (Å²) >= 11 is 0. The lowest BCUT2D eigenvalue weighted by Gasteiger charge is -2.33. The van der Waals surface area contributed by atoms with Gasteiger partial charge in [-0.2, -0.15) is 0 Å². The second-order valence-corrected chi connectivity index (χ2v) is 8.04. The van der Waals surface area contributed by atoms with E-state index in [2.05, 4.69) is 47.4 Å². The van der Waals surface area contributed by atoms with Gasteiger partial charge in [-0.25, -0.2) is 24.3 Å². The zero-order valence-corrected chi connectivity index (χ0v) is 18.1. The van der Waals surface area contributed by atoms with Crippen molar-refractivity contribution in [2.45, 2.75) is 19.9 Å². The predicted molar refractivity (Wildman–Crippen MR) is 122 cm³/mol. The van der Waals surface area contributed by atoms with E-state index in [1.165, 1.54) is 18.0 Å². The molecule has 0 amide bonds. The second kappa shape index (κ2) is 8.60. The molecule has 1 saturated heterocycles. The van der Waals surface area contributed by atoms with Gasteiger partial charge in [0.2, 0.25) is 5.95 Å². The normalized spacial score (nSPS) is 15.7. The highest BCUT2D eigenvalue weighted by Crippen LogP contribution is 2.28. The van der Waals surface area contributed by atoms with Crippen molar-refractivity contribution in [3.63, 3.8) is 0 Å². The lowest BCUT2D eigenvalue weighted by Crippen LogP contribution is -2.44. The molecule has 3 N–H and O–H groups in total. The molecule has 0 bridgehead atoms. The summed E-state index contributed by atoms with van der Waals surface area (Å²) < 4.78 is 14.7. The molecule has 0 saturated carbocycles. The summed E-state index contributed by atoms with van der Waals surface area (Å²) in [6.07, 6.45) is 3.24. The molecule has 32 heavy (non-hydrogen) atoms. The molecule has 8 nitrogen and oxygen atoms in total. The highest BCUT2D eigenvalue weighted by atomic mass is 19.1. The molecule has 1 aliphatic rings. The quantitative estimate of drug-likeness (QED) is 0.444. The van der Waals surface area contributed by atoms with E-state index >= 15 is 0 Å². The van der Waals surface area contributed by atoms with Crippen LogP contribution in [0.5, 0.6) is 0 Å². The minimum absolute atomic E-state index is 0.296. The molecule has 4 heterocycles. The smallest absolute Gasteiger partial charge is 0.206 e. The summed E-state index contributed by atoms with van der Waals surface area (Å²) in [4.78, 5) is 22.9. The van der Waals surface area contributed by atoms with E-state index in [0.29, 0.717) is 40.1 Å². The molecule has 1 atom stereocenters. The Bertz CT molecular complexity index is 1250. The molecule has 1 fully saturated rings. The number of piperazine rings is 1. The van der Waals surface area contributed by atoms with Crippen molar-refractivity contribution >= 4 is 22.8 Å². The number of aromatic amines is 1. The van der Waals surface area contributed by atoms with E-state index in [9.17, 15) is 4.39 Å². The number of rotatable bonds is 5. The number of aryl methyl sites for hydroxylation is 1. The van der Waals surface area contributed by atoms with Gasteiger partial charge in [-0.15, -0.1) is 0 Å². The van der Waals surface area contributed by atoms with Crippen LogP contribution in [0.15, 0.2) is 42.9 Å². The van der Waals surface area contributed by atoms with Crippen LogP contribution in [0, 0.1) is 12.7 Å². The minimum Gasteiger partial charge on any atom is -0.324 e. The van der Waals surface area contributed by atoms with Gasteiger partial charge < -0.3 is 15.6 Å². The maximum Gasteiger partial charge on any atom is 0.206 e. The Morgan fingerprint density at radius 2 is 1.94 bits per heavy atom. The highest BCUT2D eigenvalue weighted by molar-refractivity contribution is 5.83. The zero-order valence-electron chi connectivity index (χ0n) is 18.1. The average molecular weight is 433 g/mol. The molecule has 1 aliphatic heterocycles. The Morgan fingerprint density at radius 3 is 2.75 bits per heavy atom. The maximum atomic E-state index is 14.7. The van der Waals surface area contributed by atoms with E-state index in [1.54, 1.807) is 18.3 Å². The minimum atomic E-state index is -0.365. The average Bonchev–Trinajstić information content (AvgIpc) is 3.19. The van der Waals surface area contributed by atoms with Crippen molar-refractivity contribution in [2.24, 2.45) is 0 Å². The number of hydrogen-bond acceptors (Lipinski definition) is 7. The summed E-state index contributed by atoms with van der Waals surface area (Å²) in [7, 11) is 0. The number of hydrogen-bond donors (Lipinski definition) is 3. The number of pyridine rings is 1. The van der Waals surface area contributed by atoms with Crippen molar-refractivity contribution in [1.82, 2.24) is 35.1 Å². The van der Waals surface area contributed by atoms with Gasteiger partial charge in [-0.3, -0.25) is 4.90 Å². The van der Waals surface area contributed by atoms with Crippen LogP contribution in [0.25, 0.3) is 22.3 Å². The van der Waals surface area contributed by atoms with Crippen molar-refractivity contribution in [3.05, 3.63) is 59.9 Å². The fourth-order valence-electron chi connectivity index (χ4n) is 4.06. The van der Waals surface area contributed by atoms with Gasteiger partial charge in [0, 0.05) is 55.7 Å². The lowest BCUT2D eigenvalue weighted by molar-refractivity contribution is 0.185. The molecule has 164 valence electrons. The van der Waals surface area contributed by atoms with E-state index < -0.39 is 0 Å². The van der Waals surface area contributed by atoms with Crippen LogP contribution in [-0.2, 0) is 0 Å². The van der Waals surface area contributed by atoms with E-state index in [-0.39, 0.29) is 5.82 Å². The van der Waals surface area contributed by atoms with E-state index in [0.717, 1.165) is 31.9 Å². The van der Waals surface area contributed by atoms with Crippen molar-refractivity contribution < 1.29 is 4.39 Å². The van der Waals surface area contributed by atoms with Crippen LogP contribution in [0.4, 0.5) is 16.2 Å². The third-order valence-electron chi connectivity index (χ3n) is 5.86. The first-order valence-electron chi connectivity index (χ1n) is 10.7. The molecular formula is C23H25FN8. The van der Waals surface area contributed by atoms with E-state index in [1.807, 2.05) is 19.1 Å². The Hall–Kier alpha value is -3.43. The molecule has 4 aromatic rings. The Kier molecular flexibility index (Phi) is 5.50. The van der Waals surface area contributed by atoms with Crippen LogP contribution in [-0.4, -0.2) is 56.0 Å². The van der Waals surface area contributed by atoms with Crippen molar-refractivity contribution in [2.75, 3.05) is 31.5 Å². The molecule has 0 spiro atoms. The van der Waals surface area contributed by atoms with Gasteiger partial charge in [0.1, 0.15) is 18.0 Å². The third-order valence-corrected chi connectivity index (χ3v) is 5.86. The summed E-state index contributed by atoms with van der Waals surface area (Å²) in [5.41, 5.74) is 4.14. The number of imidazole rings is 1. The molecule has 0 radical (unpaired) electrons. The largest absolute Gasteiger partial charge is 0.324 e. The number of H-pyrrole nitrogens is 1. The number of benzene rings is 1. The first kappa shape index (κ1) is 20.5. The maximum absolute atomic E-state index is 14.7. The van der Waals surface area contributed by atoms with Crippen LogP contribution in [0.1, 0.15) is 24.2 Å². The predicted octanol–water partition coefficient (Wildman–Crippen LogP) is 3.57. The molecule has 1 aromatic carbocycles. The number of fused-ring (bicyclic) bond motifs is 1. The van der Waals surface area contributed by atoms with Gasteiger partial charge in [-0.1, -0.05) is 0 Å². The molecule has 9 heteroatoms. The number of nitrogens with zero attached hydrogens (tertiary/aromatic N) is 5. The molecule has 1 unspecified atom stereocenters. The Balaban J connectivity index is 1.40. The summed E-state index contributed by atoms with van der Waals surface area (Å²) in [5, 5.41) is 6.61. The molecule has 3 aromatic heterocycles.